The molecular formula is C16H24N4O2S. The van der Waals surface area contributed by atoms with Gasteiger partial charge in [0, 0.05) is 24.7 Å². The molecule has 0 bridgehead atoms. The molecule has 0 radical (unpaired) electrons. The van der Waals surface area contributed by atoms with Crippen molar-refractivity contribution in [1.82, 2.24) is 20.8 Å². The summed E-state index contributed by atoms with van der Waals surface area (Å²) in [5.41, 5.74) is 1.67. The molecule has 0 spiro atoms. The normalized spacial score (nSPS) is 12.9. The maximum atomic E-state index is 11.7. The Balaban J connectivity index is 1.77. The van der Waals surface area contributed by atoms with Gasteiger partial charge in [-0.3, -0.25) is 5.10 Å². The van der Waals surface area contributed by atoms with E-state index >= 15 is 0 Å². The van der Waals surface area contributed by atoms with Gasteiger partial charge in [0.05, 0.1) is 16.8 Å². The van der Waals surface area contributed by atoms with Crippen LogP contribution in [0.3, 0.4) is 0 Å². The Morgan fingerprint density at radius 1 is 1.48 bits per heavy atom. The second-order valence-corrected chi connectivity index (χ2v) is 7.37. The quantitative estimate of drug-likeness (QED) is 0.757. The molecule has 1 unspecified atom stereocenters. The van der Waals surface area contributed by atoms with Gasteiger partial charge >= 0.3 is 6.09 Å². The highest BCUT2D eigenvalue weighted by Crippen LogP contribution is 2.25. The van der Waals surface area contributed by atoms with E-state index in [1.807, 2.05) is 45.3 Å². The highest BCUT2D eigenvalue weighted by Gasteiger charge is 2.17. The zero-order valence-electron chi connectivity index (χ0n) is 14.0. The Kier molecular flexibility index (Phi) is 5.79. The number of carbonyl (C=O) groups excluding carboxylic acids is 1. The van der Waals surface area contributed by atoms with Crippen molar-refractivity contribution in [3.8, 4) is 10.6 Å². The minimum absolute atomic E-state index is 0.0260. The molecule has 3 N–H and O–H groups in total. The lowest BCUT2D eigenvalue weighted by atomic mass is 10.2. The smallest absolute Gasteiger partial charge is 0.407 e. The number of aromatic amines is 1. The van der Waals surface area contributed by atoms with Crippen molar-refractivity contribution in [1.29, 1.82) is 0 Å². The lowest BCUT2D eigenvalue weighted by Crippen LogP contribution is -2.42. The van der Waals surface area contributed by atoms with Gasteiger partial charge in [0.1, 0.15) is 5.60 Å². The Morgan fingerprint density at radius 2 is 2.26 bits per heavy atom. The molecule has 0 fully saturated rings. The van der Waals surface area contributed by atoms with Gasteiger partial charge in [-0.2, -0.15) is 5.10 Å². The monoisotopic (exact) mass is 336 g/mol. The maximum absolute atomic E-state index is 11.7. The summed E-state index contributed by atoms with van der Waals surface area (Å²) < 4.78 is 5.24. The largest absolute Gasteiger partial charge is 0.444 e. The second kappa shape index (κ2) is 7.61. The van der Waals surface area contributed by atoms with Crippen molar-refractivity contribution in [3.63, 3.8) is 0 Å². The highest BCUT2D eigenvalue weighted by atomic mass is 32.1. The molecule has 6 nitrogen and oxygen atoms in total. The molecule has 0 saturated carbocycles. The third kappa shape index (κ3) is 5.69. The predicted octanol–water partition coefficient (Wildman–Crippen LogP) is 3.14. The lowest BCUT2D eigenvalue weighted by molar-refractivity contribution is 0.0508. The van der Waals surface area contributed by atoms with Gasteiger partial charge in [-0.05, 0) is 39.1 Å². The number of nitrogens with one attached hydrogen (secondary N) is 3. The van der Waals surface area contributed by atoms with Gasteiger partial charge in [-0.15, -0.1) is 11.3 Å². The minimum Gasteiger partial charge on any atom is -0.444 e. The highest BCUT2D eigenvalue weighted by molar-refractivity contribution is 7.13. The number of alkyl carbamates (subject to hydrolysis) is 1. The molecule has 2 aromatic rings. The van der Waals surface area contributed by atoms with Crippen LogP contribution in [0.25, 0.3) is 10.6 Å². The lowest BCUT2D eigenvalue weighted by Gasteiger charge is -2.22. The van der Waals surface area contributed by atoms with Gasteiger partial charge < -0.3 is 15.4 Å². The summed E-state index contributed by atoms with van der Waals surface area (Å²) in [4.78, 5) is 12.9. The van der Waals surface area contributed by atoms with E-state index in [0.717, 1.165) is 11.3 Å². The molecule has 2 aromatic heterocycles. The number of rotatable bonds is 6. The van der Waals surface area contributed by atoms with Crippen molar-refractivity contribution < 1.29 is 9.53 Å². The number of thiophene rings is 1. The summed E-state index contributed by atoms with van der Waals surface area (Å²) in [5.74, 6) is 0. The first kappa shape index (κ1) is 17.5. The Bertz CT molecular complexity index is 616. The van der Waals surface area contributed by atoms with Crippen LogP contribution in [0.1, 0.15) is 33.3 Å². The number of hydrogen-bond donors (Lipinski definition) is 3. The zero-order valence-corrected chi connectivity index (χ0v) is 14.8. The average molecular weight is 336 g/mol. The van der Waals surface area contributed by atoms with Crippen LogP contribution in [-0.2, 0) is 11.3 Å². The van der Waals surface area contributed by atoms with Gasteiger partial charge in [-0.1, -0.05) is 6.07 Å². The number of hydrogen-bond acceptors (Lipinski definition) is 5. The first-order valence-corrected chi connectivity index (χ1v) is 8.49. The molecule has 2 heterocycles. The van der Waals surface area contributed by atoms with Crippen LogP contribution >= 0.6 is 11.3 Å². The van der Waals surface area contributed by atoms with Gasteiger partial charge in [-0.25, -0.2) is 4.79 Å². The number of aromatic nitrogens is 2. The number of amides is 1. The van der Waals surface area contributed by atoms with E-state index in [1.54, 1.807) is 11.3 Å². The van der Waals surface area contributed by atoms with Gasteiger partial charge in [0.15, 0.2) is 0 Å². The zero-order chi connectivity index (χ0) is 16.9. The number of H-pyrrole nitrogens is 1. The Morgan fingerprint density at radius 3 is 2.91 bits per heavy atom. The predicted molar refractivity (Wildman–Crippen MR) is 92.4 cm³/mol. The molecule has 0 aliphatic carbocycles. The van der Waals surface area contributed by atoms with Crippen molar-refractivity contribution >= 4 is 17.4 Å². The Hall–Kier alpha value is -1.86. The van der Waals surface area contributed by atoms with Crippen LogP contribution < -0.4 is 10.6 Å². The summed E-state index contributed by atoms with van der Waals surface area (Å²) in [6.07, 6.45) is 1.43. The van der Waals surface area contributed by atoms with Gasteiger partial charge in [0.25, 0.3) is 0 Å². The molecule has 0 saturated heterocycles. The first-order valence-electron chi connectivity index (χ1n) is 7.61. The van der Waals surface area contributed by atoms with Crippen LogP contribution in [0.4, 0.5) is 4.79 Å². The van der Waals surface area contributed by atoms with E-state index in [-0.39, 0.29) is 6.04 Å². The van der Waals surface area contributed by atoms with Crippen LogP contribution in [-0.4, -0.2) is 34.5 Å². The van der Waals surface area contributed by atoms with E-state index in [4.69, 9.17) is 4.74 Å². The third-order valence-corrected chi connectivity index (χ3v) is 3.90. The van der Waals surface area contributed by atoms with E-state index in [0.29, 0.717) is 13.1 Å². The molecule has 2 rings (SSSR count). The number of ether oxygens (including phenoxy) is 1. The summed E-state index contributed by atoms with van der Waals surface area (Å²) in [6.45, 7) is 8.81. The van der Waals surface area contributed by atoms with E-state index in [1.165, 1.54) is 4.88 Å². The fourth-order valence-corrected chi connectivity index (χ4v) is 2.82. The van der Waals surface area contributed by atoms with Crippen LogP contribution in [0.2, 0.25) is 0 Å². The summed E-state index contributed by atoms with van der Waals surface area (Å²) in [5, 5.41) is 15.3. The van der Waals surface area contributed by atoms with Crippen LogP contribution in [0.15, 0.2) is 23.7 Å². The second-order valence-electron chi connectivity index (χ2n) is 6.43. The summed E-state index contributed by atoms with van der Waals surface area (Å²) in [7, 11) is 0. The van der Waals surface area contributed by atoms with Gasteiger partial charge in [0.2, 0.25) is 0 Å². The SMILES string of the molecule is CC(CNCc1cn[nH]c1-c1cccs1)NC(=O)OC(C)(C)C. The molecule has 1 atom stereocenters. The van der Waals surface area contributed by atoms with Crippen molar-refractivity contribution in [2.45, 2.75) is 45.9 Å². The molecule has 0 aromatic carbocycles. The average Bonchev–Trinajstić information content (AvgIpc) is 3.05. The number of carbonyl (C=O) groups is 1. The fourth-order valence-electron chi connectivity index (χ4n) is 2.06. The molecule has 23 heavy (non-hydrogen) atoms. The summed E-state index contributed by atoms with van der Waals surface area (Å²) in [6, 6.07) is 4.06. The third-order valence-electron chi connectivity index (χ3n) is 3.01. The molecule has 0 aliphatic heterocycles. The molecular weight excluding hydrogens is 312 g/mol. The van der Waals surface area contributed by atoms with Crippen molar-refractivity contribution in [2.75, 3.05) is 6.54 Å². The van der Waals surface area contributed by atoms with Crippen molar-refractivity contribution in [2.24, 2.45) is 0 Å². The first-order chi connectivity index (χ1) is 10.8. The van der Waals surface area contributed by atoms with E-state index in [9.17, 15) is 4.79 Å². The van der Waals surface area contributed by atoms with Crippen LogP contribution in [0, 0.1) is 0 Å². The molecule has 7 heteroatoms. The Labute approximate surface area is 140 Å². The topological polar surface area (TPSA) is 79.0 Å². The van der Waals surface area contributed by atoms with Crippen LogP contribution in [0.5, 0.6) is 0 Å². The standard InChI is InChI=1S/C16H24N4O2S/c1-11(19-15(21)22-16(2,3)4)8-17-9-12-10-18-20-14(12)13-6-5-7-23-13/h5-7,10-11,17H,8-9H2,1-4H3,(H,18,20)(H,19,21). The van der Waals surface area contributed by atoms with Crippen molar-refractivity contribution in [3.05, 3.63) is 29.3 Å². The van der Waals surface area contributed by atoms with E-state index in [2.05, 4.69) is 26.9 Å². The molecule has 1 amide bonds. The molecule has 0 aliphatic rings. The van der Waals surface area contributed by atoms with E-state index < -0.39 is 11.7 Å². The summed E-state index contributed by atoms with van der Waals surface area (Å²) >= 11 is 1.68. The number of nitrogens with zero attached hydrogens (tertiary/aromatic N) is 1. The fraction of sp³-hybridized carbons (Fsp3) is 0.500. The maximum Gasteiger partial charge on any atom is 0.407 e. The minimum atomic E-state index is -0.483. The molecule has 126 valence electrons.